The maximum Gasteiger partial charge on any atom is 0.345 e. The molecule has 2 aromatic rings. The number of rotatable bonds is 4. The van der Waals surface area contributed by atoms with Gasteiger partial charge in [-0.25, -0.2) is 4.31 Å². The summed E-state index contributed by atoms with van der Waals surface area (Å²) in [6.45, 7) is 0.269. The molecule has 1 N–H and O–H groups in total. The summed E-state index contributed by atoms with van der Waals surface area (Å²) >= 11 is 0. The molecule has 2 aliphatic heterocycles. The predicted octanol–water partition coefficient (Wildman–Crippen LogP) is 0.990. The third-order valence-corrected chi connectivity index (χ3v) is 5.55. The summed E-state index contributed by atoms with van der Waals surface area (Å²) < 4.78 is 40.1. The Balaban J connectivity index is 1.62. The van der Waals surface area contributed by atoms with Crippen LogP contribution in [0.3, 0.4) is 0 Å². The number of fused-ring (bicyclic) bond motifs is 1. The van der Waals surface area contributed by atoms with Gasteiger partial charge in [0.1, 0.15) is 5.70 Å². The van der Waals surface area contributed by atoms with E-state index in [1.807, 2.05) is 0 Å². The monoisotopic (exact) mass is 400 g/mol. The number of ether oxygens (including phenoxy) is 2. The van der Waals surface area contributed by atoms with Crippen LogP contribution in [0.25, 0.3) is 0 Å². The normalized spacial score (nSPS) is 17.0. The van der Waals surface area contributed by atoms with E-state index >= 15 is 0 Å². The van der Waals surface area contributed by atoms with E-state index in [2.05, 4.69) is 14.7 Å². The number of aromatic nitrogens is 1. The fourth-order valence-corrected chi connectivity index (χ4v) is 3.63. The number of nitrogens with one attached hydrogen (secondary N) is 1. The third kappa shape index (κ3) is 3.41. The molecule has 0 fully saturated rings. The van der Waals surface area contributed by atoms with Crippen LogP contribution in [0.15, 0.2) is 58.8 Å². The van der Waals surface area contributed by atoms with Crippen molar-refractivity contribution in [3.05, 3.63) is 65.6 Å². The van der Waals surface area contributed by atoms with Gasteiger partial charge < -0.3 is 14.8 Å². The van der Waals surface area contributed by atoms with Crippen molar-refractivity contribution >= 4 is 21.8 Å². The first-order valence-corrected chi connectivity index (χ1v) is 9.72. The molecule has 0 bridgehead atoms. The molecule has 1 aromatic carbocycles. The zero-order valence-electron chi connectivity index (χ0n) is 14.8. The molecule has 0 saturated heterocycles. The average molecular weight is 400 g/mol. The van der Waals surface area contributed by atoms with E-state index in [1.165, 1.54) is 13.1 Å². The van der Waals surface area contributed by atoms with E-state index in [9.17, 15) is 13.2 Å². The van der Waals surface area contributed by atoms with Crippen molar-refractivity contribution in [2.75, 3.05) is 13.8 Å². The van der Waals surface area contributed by atoms with Crippen molar-refractivity contribution in [1.82, 2.24) is 14.6 Å². The van der Waals surface area contributed by atoms with E-state index < -0.39 is 16.1 Å². The summed E-state index contributed by atoms with van der Waals surface area (Å²) in [4.78, 5) is 16.7. The number of likely N-dealkylation sites (N-methyl/N-ethyl adjacent to an activating group) is 1. The number of allylic oxidation sites excluding steroid dienone is 1. The lowest BCUT2D eigenvalue weighted by atomic mass is 10.1. The molecule has 3 heterocycles. The van der Waals surface area contributed by atoms with Crippen LogP contribution in [0.4, 0.5) is 0 Å². The minimum Gasteiger partial charge on any atom is -0.454 e. The SMILES string of the molecule is CN1C(C(=O)NCc2ccccn2)=CC(c2ccc3c(c2)OCO3)=NS1(=O)=O. The Bertz CT molecular complexity index is 1100. The highest BCUT2D eigenvalue weighted by Gasteiger charge is 2.30. The van der Waals surface area contributed by atoms with Crippen LogP contribution in [0.2, 0.25) is 0 Å². The van der Waals surface area contributed by atoms with Gasteiger partial charge in [0.15, 0.2) is 11.5 Å². The number of amides is 1. The Morgan fingerprint density at radius 2 is 2.04 bits per heavy atom. The van der Waals surface area contributed by atoms with E-state index in [-0.39, 0.29) is 24.7 Å². The molecule has 0 spiro atoms. The van der Waals surface area contributed by atoms with Gasteiger partial charge in [0.25, 0.3) is 5.91 Å². The zero-order valence-corrected chi connectivity index (χ0v) is 15.6. The minimum absolute atomic E-state index is 0.0430. The number of benzene rings is 1. The summed E-state index contributed by atoms with van der Waals surface area (Å²) in [7, 11) is -2.77. The summed E-state index contributed by atoms with van der Waals surface area (Å²) in [6.07, 6.45) is 3.04. The molecular weight excluding hydrogens is 384 g/mol. The third-order valence-electron chi connectivity index (χ3n) is 4.23. The molecule has 9 nitrogen and oxygen atoms in total. The Kier molecular flexibility index (Phi) is 4.47. The Morgan fingerprint density at radius 1 is 1.21 bits per heavy atom. The van der Waals surface area contributed by atoms with Crippen molar-refractivity contribution in [3.8, 4) is 11.5 Å². The van der Waals surface area contributed by atoms with Crippen LogP contribution in [-0.4, -0.2) is 43.2 Å². The smallest absolute Gasteiger partial charge is 0.345 e. The van der Waals surface area contributed by atoms with E-state index in [0.717, 1.165) is 4.31 Å². The number of carbonyl (C=O) groups excluding carboxylic acids is 1. The molecule has 0 unspecified atom stereocenters. The van der Waals surface area contributed by atoms with Gasteiger partial charge in [-0.2, -0.15) is 8.42 Å². The van der Waals surface area contributed by atoms with E-state index in [0.29, 0.717) is 22.8 Å². The molecule has 10 heteroatoms. The summed E-state index contributed by atoms with van der Waals surface area (Å²) in [5, 5.41) is 2.68. The first-order chi connectivity index (χ1) is 13.4. The van der Waals surface area contributed by atoms with Gasteiger partial charge in [0, 0.05) is 18.8 Å². The maximum atomic E-state index is 12.6. The number of hydrogen-bond donors (Lipinski definition) is 1. The second-order valence-electron chi connectivity index (χ2n) is 6.02. The van der Waals surface area contributed by atoms with E-state index in [1.54, 1.807) is 42.6 Å². The first kappa shape index (κ1) is 18.0. The van der Waals surface area contributed by atoms with Gasteiger partial charge in [-0.1, -0.05) is 6.07 Å². The van der Waals surface area contributed by atoms with Crippen LogP contribution in [0.1, 0.15) is 11.3 Å². The number of hydrogen-bond acceptors (Lipinski definition) is 6. The first-order valence-electron chi connectivity index (χ1n) is 8.33. The van der Waals surface area contributed by atoms with Crippen LogP contribution in [-0.2, 0) is 21.5 Å². The Labute approximate surface area is 161 Å². The van der Waals surface area contributed by atoms with Gasteiger partial charge in [0.2, 0.25) is 6.79 Å². The number of carbonyl (C=O) groups is 1. The Morgan fingerprint density at radius 3 is 2.82 bits per heavy atom. The standard InChI is InChI=1S/C18H16N4O5S/c1-22-15(18(23)20-10-13-4-2-3-7-19-13)9-14(21-28(22,24)25)12-5-6-16-17(8-12)27-11-26-16/h2-9H,10-11H2,1H3,(H,20,23). The van der Waals surface area contributed by atoms with Crippen molar-refractivity contribution < 1.29 is 22.7 Å². The predicted molar refractivity (Wildman–Crippen MR) is 100.0 cm³/mol. The van der Waals surface area contributed by atoms with Gasteiger partial charge in [0.05, 0.1) is 18.0 Å². The van der Waals surface area contributed by atoms with Gasteiger partial charge >= 0.3 is 10.2 Å². The summed E-state index contributed by atoms with van der Waals surface area (Å²) in [5.74, 6) is 0.508. The minimum atomic E-state index is -4.05. The molecule has 0 aliphatic carbocycles. The average Bonchev–Trinajstić information content (AvgIpc) is 3.16. The van der Waals surface area contributed by atoms with Gasteiger partial charge in [-0.3, -0.25) is 9.78 Å². The quantitative estimate of drug-likeness (QED) is 0.820. The molecule has 144 valence electrons. The highest BCUT2D eigenvalue weighted by molar-refractivity contribution is 7.88. The maximum absolute atomic E-state index is 12.6. The van der Waals surface area contributed by atoms with Crippen LogP contribution in [0, 0.1) is 0 Å². The van der Waals surface area contributed by atoms with E-state index in [4.69, 9.17) is 9.47 Å². The lowest BCUT2D eigenvalue weighted by Crippen LogP contribution is -2.38. The number of nitrogens with zero attached hydrogens (tertiary/aromatic N) is 3. The van der Waals surface area contributed by atoms with Crippen LogP contribution in [0.5, 0.6) is 11.5 Å². The molecule has 1 aromatic heterocycles. The highest BCUT2D eigenvalue weighted by Crippen LogP contribution is 2.33. The topological polar surface area (TPSA) is 110 Å². The molecule has 4 rings (SSSR count). The second-order valence-corrected chi connectivity index (χ2v) is 7.65. The highest BCUT2D eigenvalue weighted by atomic mass is 32.2. The molecule has 28 heavy (non-hydrogen) atoms. The lowest BCUT2D eigenvalue weighted by Gasteiger charge is -2.23. The van der Waals surface area contributed by atoms with Crippen molar-refractivity contribution in [2.45, 2.75) is 6.54 Å². The van der Waals surface area contributed by atoms with Crippen molar-refractivity contribution in [2.24, 2.45) is 4.40 Å². The fourth-order valence-electron chi connectivity index (χ4n) is 2.72. The zero-order chi connectivity index (χ0) is 19.7. The molecular formula is C18H16N4O5S. The molecule has 1 amide bonds. The van der Waals surface area contributed by atoms with Crippen molar-refractivity contribution in [3.63, 3.8) is 0 Å². The summed E-state index contributed by atoms with van der Waals surface area (Å²) in [5.41, 5.74) is 1.25. The largest absolute Gasteiger partial charge is 0.454 e. The fraction of sp³-hybridized carbons (Fsp3) is 0.167. The summed E-state index contributed by atoms with van der Waals surface area (Å²) in [6, 6.07) is 10.3. The van der Waals surface area contributed by atoms with Crippen LogP contribution < -0.4 is 14.8 Å². The van der Waals surface area contributed by atoms with Gasteiger partial charge in [-0.15, -0.1) is 4.40 Å². The van der Waals surface area contributed by atoms with Gasteiger partial charge in [-0.05, 0) is 36.4 Å². The van der Waals surface area contributed by atoms with Crippen molar-refractivity contribution in [1.29, 1.82) is 0 Å². The number of pyridine rings is 1. The lowest BCUT2D eigenvalue weighted by molar-refractivity contribution is -0.118. The molecule has 0 radical (unpaired) electrons. The molecule has 0 saturated carbocycles. The van der Waals surface area contributed by atoms with Crippen LogP contribution >= 0.6 is 0 Å². The Hall–Kier alpha value is -3.40. The molecule has 2 aliphatic rings. The second kappa shape index (κ2) is 6.97. The molecule has 0 atom stereocenters.